The van der Waals surface area contributed by atoms with Crippen LogP contribution in [0.5, 0.6) is 0 Å². The average Bonchev–Trinajstić information content (AvgIpc) is 2.96. The van der Waals surface area contributed by atoms with Crippen LogP contribution in [-0.4, -0.2) is 18.6 Å². The van der Waals surface area contributed by atoms with Gasteiger partial charge in [0.05, 0.1) is 5.69 Å². The highest BCUT2D eigenvalue weighted by Gasteiger charge is 2.19. The van der Waals surface area contributed by atoms with E-state index in [1.807, 2.05) is 0 Å². The first-order valence-corrected chi connectivity index (χ1v) is 7.46. The topological polar surface area (TPSA) is 42.2 Å². The Morgan fingerprint density at radius 1 is 1.41 bits per heavy atom. The highest BCUT2D eigenvalue weighted by molar-refractivity contribution is 7.15. The summed E-state index contributed by atoms with van der Waals surface area (Å²) in [7, 11) is 2.16. The molecule has 2 rings (SSSR count). The number of hydrogen-bond acceptors (Lipinski definition) is 4. The molecule has 96 valence electrons. The van der Waals surface area contributed by atoms with Crippen molar-refractivity contribution in [3.05, 3.63) is 10.6 Å². The minimum Gasteiger partial charge on any atom is -0.351 e. The number of rotatable bonds is 5. The van der Waals surface area contributed by atoms with Gasteiger partial charge < -0.3 is 10.6 Å². The van der Waals surface area contributed by atoms with E-state index in [2.05, 4.69) is 18.9 Å². The Morgan fingerprint density at radius 3 is 2.65 bits per heavy atom. The second-order valence-electron chi connectivity index (χ2n) is 4.95. The standard InChI is InChI=1S/C13H23N3S/c1-3-11-12(8-14)17-13(15-11)16(2)9-10-6-4-5-7-10/h10H,3-9,14H2,1-2H3. The van der Waals surface area contributed by atoms with Crippen molar-refractivity contribution in [3.8, 4) is 0 Å². The molecule has 1 aromatic heterocycles. The predicted molar refractivity (Wildman–Crippen MR) is 74.6 cm³/mol. The van der Waals surface area contributed by atoms with Crippen molar-refractivity contribution >= 4 is 16.5 Å². The molecule has 1 aromatic rings. The summed E-state index contributed by atoms with van der Waals surface area (Å²) >= 11 is 1.77. The lowest BCUT2D eigenvalue weighted by Gasteiger charge is -2.19. The zero-order valence-corrected chi connectivity index (χ0v) is 11.7. The van der Waals surface area contributed by atoms with Gasteiger partial charge in [-0.2, -0.15) is 0 Å². The maximum atomic E-state index is 5.76. The van der Waals surface area contributed by atoms with Gasteiger partial charge in [0, 0.05) is 25.0 Å². The maximum absolute atomic E-state index is 5.76. The van der Waals surface area contributed by atoms with Crippen LogP contribution in [0.1, 0.15) is 43.2 Å². The Bertz CT molecular complexity index is 334. The number of nitrogens with two attached hydrogens (primary N) is 1. The normalized spacial score (nSPS) is 16.6. The zero-order valence-electron chi connectivity index (χ0n) is 10.9. The average molecular weight is 253 g/mol. The van der Waals surface area contributed by atoms with Gasteiger partial charge in [-0.3, -0.25) is 0 Å². The maximum Gasteiger partial charge on any atom is 0.185 e. The molecule has 0 unspecified atom stereocenters. The van der Waals surface area contributed by atoms with Gasteiger partial charge in [0.2, 0.25) is 0 Å². The Kier molecular flexibility index (Phi) is 4.40. The van der Waals surface area contributed by atoms with Gasteiger partial charge in [0.1, 0.15) is 0 Å². The van der Waals surface area contributed by atoms with Crippen molar-refractivity contribution in [3.63, 3.8) is 0 Å². The third kappa shape index (κ3) is 2.99. The molecule has 17 heavy (non-hydrogen) atoms. The number of aromatic nitrogens is 1. The summed E-state index contributed by atoms with van der Waals surface area (Å²) in [5.74, 6) is 0.871. The Labute approximate surface area is 108 Å². The van der Waals surface area contributed by atoms with E-state index in [4.69, 9.17) is 10.7 Å². The van der Waals surface area contributed by atoms with Gasteiger partial charge in [0.15, 0.2) is 5.13 Å². The first-order chi connectivity index (χ1) is 8.24. The SMILES string of the molecule is CCc1nc(N(C)CC2CCCC2)sc1CN. The van der Waals surface area contributed by atoms with E-state index in [1.165, 1.54) is 36.3 Å². The van der Waals surface area contributed by atoms with Crippen molar-refractivity contribution in [2.45, 2.75) is 45.6 Å². The summed E-state index contributed by atoms with van der Waals surface area (Å²) in [6.45, 7) is 3.92. The lowest BCUT2D eigenvalue weighted by Crippen LogP contribution is -2.23. The largest absolute Gasteiger partial charge is 0.351 e. The van der Waals surface area contributed by atoms with Crippen LogP contribution in [0, 0.1) is 5.92 Å². The van der Waals surface area contributed by atoms with Gasteiger partial charge >= 0.3 is 0 Å². The molecule has 1 fully saturated rings. The Hall–Kier alpha value is -0.610. The third-order valence-electron chi connectivity index (χ3n) is 3.62. The molecule has 0 bridgehead atoms. The molecular weight excluding hydrogens is 230 g/mol. The van der Waals surface area contributed by atoms with E-state index >= 15 is 0 Å². The van der Waals surface area contributed by atoms with Gasteiger partial charge in [-0.05, 0) is 25.2 Å². The molecule has 1 aliphatic carbocycles. The van der Waals surface area contributed by atoms with Gasteiger partial charge in [-0.1, -0.05) is 19.8 Å². The Balaban J connectivity index is 2.02. The van der Waals surface area contributed by atoms with Crippen molar-refractivity contribution in [2.75, 3.05) is 18.5 Å². The van der Waals surface area contributed by atoms with Gasteiger partial charge in [-0.25, -0.2) is 4.98 Å². The molecule has 1 saturated carbocycles. The number of aryl methyl sites for hydroxylation is 1. The van der Waals surface area contributed by atoms with Crippen molar-refractivity contribution in [1.29, 1.82) is 0 Å². The lowest BCUT2D eigenvalue weighted by molar-refractivity contribution is 0.546. The van der Waals surface area contributed by atoms with Crippen LogP contribution in [0.3, 0.4) is 0 Å². The molecule has 0 aromatic carbocycles. The van der Waals surface area contributed by atoms with Crippen molar-refractivity contribution in [1.82, 2.24) is 4.98 Å². The molecule has 1 heterocycles. The molecule has 0 spiro atoms. The first kappa shape index (κ1) is 12.8. The smallest absolute Gasteiger partial charge is 0.185 e. The molecule has 3 nitrogen and oxygen atoms in total. The highest BCUT2D eigenvalue weighted by atomic mass is 32.1. The number of nitrogens with zero attached hydrogens (tertiary/aromatic N) is 2. The zero-order chi connectivity index (χ0) is 12.3. The van der Waals surface area contributed by atoms with Crippen LogP contribution in [-0.2, 0) is 13.0 Å². The lowest BCUT2D eigenvalue weighted by atomic mass is 10.1. The number of thiazole rings is 1. The van der Waals surface area contributed by atoms with Crippen LogP contribution in [0.2, 0.25) is 0 Å². The fourth-order valence-corrected chi connectivity index (χ4v) is 3.62. The highest BCUT2D eigenvalue weighted by Crippen LogP contribution is 2.30. The second-order valence-corrected chi connectivity index (χ2v) is 6.02. The third-order valence-corrected chi connectivity index (χ3v) is 4.85. The summed E-state index contributed by atoms with van der Waals surface area (Å²) in [5, 5.41) is 1.15. The van der Waals surface area contributed by atoms with E-state index in [1.54, 1.807) is 11.3 Å². The molecule has 1 aliphatic rings. The number of anilines is 1. The summed E-state index contributed by atoms with van der Waals surface area (Å²) in [5.41, 5.74) is 6.94. The molecule has 4 heteroatoms. The molecule has 2 N–H and O–H groups in total. The quantitative estimate of drug-likeness (QED) is 0.877. The molecular formula is C13H23N3S. The fourth-order valence-electron chi connectivity index (χ4n) is 2.63. The molecule has 0 amide bonds. The summed E-state index contributed by atoms with van der Waals surface area (Å²) in [6, 6.07) is 0. The summed E-state index contributed by atoms with van der Waals surface area (Å²) < 4.78 is 0. The van der Waals surface area contributed by atoms with Crippen molar-refractivity contribution < 1.29 is 0 Å². The van der Waals surface area contributed by atoms with E-state index in [0.717, 1.165) is 24.0 Å². The minimum atomic E-state index is 0.623. The second kappa shape index (κ2) is 5.83. The minimum absolute atomic E-state index is 0.623. The molecule has 0 atom stereocenters. The summed E-state index contributed by atoms with van der Waals surface area (Å²) in [6.07, 6.45) is 6.58. The van der Waals surface area contributed by atoms with E-state index < -0.39 is 0 Å². The molecule has 0 saturated heterocycles. The number of hydrogen-bond donors (Lipinski definition) is 1. The van der Waals surface area contributed by atoms with Crippen LogP contribution in [0.25, 0.3) is 0 Å². The molecule has 0 aliphatic heterocycles. The van der Waals surface area contributed by atoms with Gasteiger partial charge in [0.25, 0.3) is 0 Å². The van der Waals surface area contributed by atoms with E-state index in [-0.39, 0.29) is 0 Å². The Morgan fingerprint density at radius 2 is 2.12 bits per heavy atom. The van der Waals surface area contributed by atoms with Crippen LogP contribution >= 0.6 is 11.3 Å². The van der Waals surface area contributed by atoms with Crippen LogP contribution in [0.4, 0.5) is 5.13 Å². The molecule has 0 radical (unpaired) electrons. The van der Waals surface area contributed by atoms with Crippen molar-refractivity contribution in [2.24, 2.45) is 11.7 Å². The summed E-state index contributed by atoms with van der Waals surface area (Å²) in [4.78, 5) is 8.28. The van der Waals surface area contributed by atoms with E-state index in [9.17, 15) is 0 Å². The predicted octanol–water partition coefficient (Wildman–Crippen LogP) is 2.79. The van der Waals surface area contributed by atoms with E-state index in [0.29, 0.717) is 6.54 Å². The fraction of sp³-hybridized carbons (Fsp3) is 0.769. The van der Waals surface area contributed by atoms with Gasteiger partial charge in [-0.15, -0.1) is 11.3 Å². The first-order valence-electron chi connectivity index (χ1n) is 6.64. The van der Waals surface area contributed by atoms with Crippen LogP contribution in [0.15, 0.2) is 0 Å². The monoisotopic (exact) mass is 253 g/mol. The van der Waals surface area contributed by atoms with Crippen LogP contribution < -0.4 is 10.6 Å².